The molecule has 42 heavy (non-hydrogen) atoms. The Labute approximate surface area is 244 Å². The molecule has 1 fully saturated rings. The largest absolute Gasteiger partial charge is 0.480 e. The Bertz CT molecular complexity index is 1440. The first kappa shape index (κ1) is 30.5. The second kappa shape index (κ2) is 13.5. The van der Waals surface area contributed by atoms with Gasteiger partial charge in [0, 0.05) is 29.9 Å². The normalized spacial score (nSPS) is 15.2. The zero-order chi connectivity index (χ0) is 30.3. The van der Waals surface area contributed by atoms with Gasteiger partial charge in [-0.05, 0) is 64.9 Å². The molecule has 3 heterocycles. The minimum absolute atomic E-state index is 0.00000227. The molecule has 2 amide bonds. The molecule has 13 heteroatoms. The molecule has 0 radical (unpaired) electrons. The third-order valence-corrected chi connectivity index (χ3v) is 7.34. The Morgan fingerprint density at radius 3 is 2.67 bits per heavy atom. The molecule has 0 saturated heterocycles. The van der Waals surface area contributed by atoms with E-state index in [2.05, 4.69) is 31.8 Å². The van der Waals surface area contributed by atoms with Crippen LogP contribution in [0.15, 0.2) is 31.0 Å². The van der Waals surface area contributed by atoms with E-state index in [1.807, 2.05) is 10.9 Å². The van der Waals surface area contributed by atoms with Crippen LogP contribution < -0.4 is 10.6 Å². The second-order valence-corrected chi connectivity index (χ2v) is 11.6. The molecule has 0 unspecified atom stereocenters. The van der Waals surface area contributed by atoms with E-state index in [1.54, 1.807) is 33.0 Å². The topological polar surface area (TPSA) is 177 Å². The Morgan fingerprint density at radius 2 is 1.98 bits per heavy atom. The lowest BCUT2D eigenvalue weighted by molar-refractivity contribution is -0.139. The summed E-state index contributed by atoms with van der Waals surface area (Å²) >= 11 is 0. The molecule has 13 nitrogen and oxygen atoms in total. The van der Waals surface area contributed by atoms with Gasteiger partial charge in [-0.15, -0.1) is 0 Å². The predicted molar refractivity (Wildman–Crippen MR) is 153 cm³/mol. The van der Waals surface area contributed by atoms with Crippen LogP contribution in [-0.2, 0) is 9.53 Å². The number of carboxylic acid groups (broad SMARTS) is 1. The highest BCUT2D eigenvalue weighted by Gasteiger charge is 2.28. The number of amides is 2. The van der Waals surface area contributed by atoms with E-state index in [1.165, 1.54) is 17.1 Å². The Hall–Kier alpha value is -4.47. The third kappa shape index (κ3) is 7.63. The summed E-state index contributed by atoms with van der Waals surface area (Å²) in [6.45, 7) is 5.63. The fourth-order valence-corrected chi connectivity index (χ4v) is 5.35. The molecular formula is C29H38N8O5. The minimum Gasteiger partial charge on any atom is -0.480 e. The van der Waals surface area contributed by atoms with Crippen molar-refractivity contribution in [2.24, 2.45) is 5.92 Å². The van der Waals surface area contributed by atoms with Gasteiger partial charge >= 0.3 is 18.1 Å². The number of unbranched alkanes of at least 4 members (excludes halogenated alkanes) is 1. The van der Waals surface area contributed by atoms with E-state index in [4.69, 9.17) is 4.74 Å². The van der Waals surface area contributed by atoms with Gasteiger partial charge in [0.2, 0.25) is 0 Å². The van der Waals surface area contributed by atoms with Gasteiger partial charge in [0.25, 0.3) is 0 Å². The van der Waals surface area contributed by atoms with Crippen LogP contribution in [0.3, 0.4) is 0 Å². The van der Waals surface area contributed by atoms with Crippen molar-refractivity contribution in [2.45, 2.75) is 89.8 Å². The van der Waals surface area contributed by atoms with Crippen LogP contribution in [0.2, 0.25) is 0 Å². The number of nitrogens with zero attached hydrogens (tertiary/aromatic N) is 6. The number of rotatable bonds is 11. The number of aliphatic carboxylic acids is 1. The molecule has 1 saturated carbocycles. The SMILES string of the molecule is CC(C)(C)OC(=O)NCCCC[C@H](NC(=O)n1ccc2c(-c3cnn([C@H](CC#N)C4CCCC4)c3)ncnc21)C(=O)O. The van der Waals surface area contributed by atoms with Gasteiger partial charge in [-0.1, -0.05) is 12.8 Å². The quantitative estimate of drug-likeness (QED) is 0.273. The highest BCUT2D eigenvalue weighted by Crippen LogP contribution is 2.36. The number of aromatic nitrogens is 5. The van der Waals surface area contributed by atoms with E-state index in [9.17, 15) is 24.8 Å². The Morgan fingerprint density at radius 1 is 1.21 bits per heavy atom. The number of carbonyl (C=O) groups is 3. The molecular weight excluding hydrogens is 540 g/mol. The zero-order valence-electron chi connectivity index (χ0n) is 24.2. The van der Waals surface area contributed by atoms with Crippen LogP contribution in [0.4, 0.5) is 9.59 Å². The van der Waals surface area contributed by atoms with Crippen LogP contribution in [-0.4, -0.2) is 65.7 Å². The first-order valence-electron chi connectivity index (χ1n) is 14.3. The highest BCUT2D eigenvalue weighted by atomic mass is 16.6. The number of hydrogen-bond acceptors (Lipinski definition) is 8. The molecule has 3 aromatic rings. The number of ether oxygens (including phenoxy) is 1. The van der Waals surface area contributed by atoms with Crippen LogP contribution in [0.25, 0.3) is 22.3 Å². The molecule has 3 aromatic heterocycles. The van der Waals surface area contributed by atoms with E-state index >= 15 is 0 Å². The van der Waals surface area contributed by atoms with Gasteiger partial charge in [-0.3, -0.25) is 9.25 Å². The number of carboxylic acids is 1. The van der Waals surface area contributed by atoms with Crippen LogP contribution in [0, 0.1) is 17.2 Å². The predicted octanol–water partition coefficient (Wildman–Crippen LogP) is 4.65. The van der Waals surface area contributed by atoms with Gasteiger partial charge < -0.3 is 20.5 Å². The fraction of sp³-hybridized carbons (Fsp3) is 0.552. The molecule has 0 bridgehead atoms. The highest BCUT2D eigenvalue weighted by molar-refractivity contribution is 5.97. The maximum atomic E-state index is 13.1. The molecule has 2 atom stereocenters. The average molecular weight is 579 g/mol. The molecule has 1 aliphatic rings. The standard InChI is InChI=1S/C29H38N8O5/c1-29(2,3)42-28(41)31-14-7-6-10-22(26(38)39)35-27(40)36-15-12-21-24(32-18-33-25(21)36)20-16-34-37(17-20)23(11-13-30)19-8-4-5-9-19/h12,15-19,22-23H,4-11,14H2,1-3H3,(H,31,41)(H,35,40)(H,38,39)/t22-,23+/m0/s1. The van der Waals surface area contributed by atoms with Crippen LogP contribution in [0.5, 0.6) is 0 Å². The molecule has 1 aliphatic carbocycles. The lowest BCUT2D eigenvalue weighted by atomic mass is 9.96. The zero-order valence-corrected chi connectivity index (χ0v) is 24.2. The van der Waals surface area contributed by atoms with Crippen LogP contribution in [0.1, 0.15) is 78.2 Å². The van der Waals surface area contributed by atoms with E-state index < -0.39 is 29.7 Å². The van der Waals surface area contributed by atoms with Crippen molar-refractivity contribution in [3.63, 3.8) is 0 Å². The van der Waals surface area contributed by atoms with Crippen molar-refractivity contribution in [3.8, 4) is 17.3 Å². The lowest BCUT2D eigenvalue weighted by Crippen LogP contribution is -2.42. The molecule has 0 aromatic carbocycles. The Balaban J connectivity index is 1.41. The molecule has 224 valence electrons. The third-order valence-electron chi connectivity index (χ3n) is 7.34. The van der Waals surface area contributed by atoms with Gasteiger partial charge in [-0.2, -0.15) is 10.4 Å². The maximum Gasteiger partial charge on any atom is 0.407 e. The molecule has 3 N–H and O–H groups in total. The van der Waals surface area contributed by atoms with Crippen LogP contribution >= 0.6 is 0 Å². The number of nitriles is 1. The van der Waals surface area contributed by atoms with Crippen molar-refractivity contribution >= 4 is 29.1 Å². The van der Waals surface area contributed by atoms with Crippen molar-refractivity contribution < 1.29 is 24.2 Å². The average Bonchev–Trinajstić information content (AvgIpc) is 3.70. The van der Waals surface area contributed by atoms with Crippen molar-refractivity contribution in [1.29, 1.82) is 5.26 Å². The summed E-state index contributed by atoms with van der Waals surface area (Å²) in [5.74, 6) is -0.743. The first-order valence-corrected chi connectivity index (χ1v) is 14.3. The monoisotopic (exact) mass is 578 g/mol. The van der Waals surface area contributed by atoms with Crippen molar-refractivity contribution in [3.05, 3.63) is 31.0 Å². The van der Waals surface area contributed by atoms with E-state index in [-0.39, 0.29) is 12.5 Å². The second-order valence-electron chi connectivity index (χ2n) is 11.6. The van der Waals surface area contributed by atoms with Gasteiger partial charge in [-0.25, -0.2) is 24.4 Å². The summed E-state index contributed by atoms with van der Waals surface area (Å²) < 4.78 is 8.30. The minimum atomic E-state index is -1.16. The van der Waals surface area contributed by atoms with E-state index in [0.29, 0.717) is 48.5 Å². The van der Waals surface area contributed by atoms with Crippen molar-refractivity contribution in [1.82, 2.24) is 34.9 Å². The maximum absolute atomic E-state index is 13.1. The summed E-state index contributed by atoms with van der Waals surface area (Å²) in [5.41, 5.74) is 1.06. The summed E-state index contributed by atoms with van der Waals surface area (Å²) in [4.78, 5) is 45.5. The first-order chi connectivity index (χ1) is 20.1. The summed E-state index contributed by atoms with van der Waals surface area (Å²) in [6.07, 6.45) is 12.0. The molecule has 0 spiro atoms. The molecule has 4 rings (SSSR count). The fourth-order valence-electron chi connectivity index (χ4n) is 5.35. The van der Waals surface area contributed by atoms with Crippen molar-refractivity contribution in [2.75, 3.05) is 6.54 Å². The van der Waals surface area contributed by atoms with E-state index in [0.717, 1.165) is 31.2 Å². The number of hydrogen-bond donors (Lipinski definition) is 3. The van der Waals surface area contributed by atoms with Gasteiger partial charge in [0.05, 0.1) is 30.4 Å². The summed E-state index contributed by atoms with van der Waals surface area (Å²) in [5, 5.41) is 29.5. The number of nitrogens with one attached hydrogen (secondary N) is 2. The van der Waals surface area contributed by atoms with Gasteiger partial charge in [0.15, 0.2) is 5.65 Å². The number of carbonyl (C=O) groups excluding carboxylic acids is 2. The Kier molecular flexibility index (Phi) is 9.77. The van der Waals surface area contributed by atoms with Gasteiger partial charge in [0.1, 0.15) is 18.0 Å². The summed E-state index contributed by atoms with van der Waals surface area (Å²) in [6, 6.07) is 2.26. The number of fused-ring (bicyclic) bond motifs is 1. The number of alkyl carbamates (subject to hydrolysis) is 1. The smallest absolute Gasteiger partial charge is 0.407 e. The lowest BCUT2D eigenvalue weighted by Gasteiger charge is -2.21. The summed E-state index contributed by atoms with van der Waals surface area (Å²) in [7, 11) is 0. The molecule has 0 aliphatic heterocycles.